The van der Waals surface area contributed by atoms with Gasteiger partial charge in [-0.1, -0.05) is 41.4 Å². The van der Waals surface area contributed by atoms with E-state index in [4.69, 9.17) is 20.9 Å². The smallest absolute Gasteiger partial charge is 0.506 e. The Bertz CT molecular complexity index is 733. The second kappa shape index (κ2) is 9.57. The standard InChI is InChI=1S/C17H21BBrClN2O5/c1-9(2)6-14(18-26-10(3)17(25)27-18)22-15(23)8-21-16(24)12-7-11(19)4-5-13(12)20/h4-5,7,9-10,14H,6,8H2,1-3H3,(H,21,24)(H,22,23)/t10-,14?/m0/s1. The minimum absolute atomic E-state index is 0.239. The van der Waals surface area contributed by atoms with Crippen molar-refractivity contribution in [3.05, 3.63) is 33.3 Å². The van der Waals surface area contributed by atoms with Crippen molar-refractivity contribution in [3.63, 3.8) is 0 Å². The third-order valence-electron chi connectivity index (χ3n) is 3.89. The van der Waals surface area contributed by atoms with Crippen molar-refractivity contribution in [1.82, 2.24) is 10.6 Å². The fourth-order valence-corrected chi connectivity index (χ4v) is 3.17. The predicted octanol–water partition coefficient (Wildman–Crippen LogP) is 2.35. The molecule has 0 aromatic heterocycles. The number of hydrogen-bond acceptors (Lipinski definition) is 5. The van der Waals surface area contributed by atoms with Gasteiger partial charge in [-0.25, -0.2) is 0 Å². The summed E-state index contributed by atoms with van der Waals surface area (Å²) in [6, 6.07) is 4.88. The Hall–Kier alpha value is -1.58. The zero-order chi connectivity index (χ0) is 20.1. The van der Waals surface area contributed by atoms with Gasteiger partial charge in [0.2, 0.25) is 5.91 Å². The van der Waals surface area contributed by atoms with Crippen LogP contribution in [0.15, 0.2) is 22.7 Å². The monoisotopic (exact) mass is 458 g/mol. The molecule has 1 aromatic rings. The summed E-state index contributed by atoms with van der Waals surface area (Å²) in [5, 5.41) is 5.58. The summed E-state index contributed by atoms with van der Waals surface area (Å²) in [6.07, 6.45) is -0.109. The molecule has 1 aliphatic rings. The molecule has 2 atom stereocenters. The molecular weight excluding hydrogens is 438 g/mol. The van der Waals surface area contributed by atoms with Gasteiger partial charge in [0.15, 0.2) is 0 Å². The highest BCUT2D eigenvalue weighted by Gasteiger charge is 2.44. The number of carbonyl (C=O) groups is 3. The average Bonchev–Trinajstić information content (AvgIpc) is 2.93. The van der Waals surface area contributed by atoms with E-state index in [1.54, 1.807) is 25.1 Å². The van der Waals surface area contributed by atoms with Crippen molar-refractivity contribution in [2.45, 2.75) is 39.2 Å². The number of nitrogens with one attached hydrogen (secondary N) is 2. The van der Waals surface area contributed by atoms with Crippen LogP contribution in [0.4, 0.5) is 0 Å². The van der Waals surface area contributed by atoms with E-state index in [1.165, 1.54) is 0 Å². The van der Waals surface area contributed by atoms with E-state index >= 15 is 0 Å². The minimum atomic E-state index is -0.839. The molecule has 27 heavy (non-hydrogen) atoms. The van der Waals surface area contributed by atoms with Crippen LogP contribution in [0.2, 0.25) is 5.02 Å². The highest BCUT2D eigenvalue weighted by molar-refractivity contribution is 9.10. The van der Waals surface area contributed by atoms with Crippen molar-refractivity contribution >= 4 is 52.4 Å². The molecule has 10 heteroatoms. The summed E-state index contributed by atoms with van der Waals surface area (Å²) < 4.78 is 11.3. The third kappa shape index (κ3) is 6.22. The first-order chi connectivity index (χ1) is 12.7. The fourth-order valence-electron chi connectivity index (χ4n) is 2.60. The van der Waals surface area contributed by atoms with Crippen LogP contribution in [0.25, 0.3) is 0 Å². The first kappa shape index (κ1) is 21.7. The maximum atomic E-state index is 12.3. The van der Waals surface area contributed by atoms with Gasteiger partial charge < -0.3 is 19.9 Å². The van der Waals surface area contributed by atoms with E-state index < -0.39 is 36.9 Å². The predicted molar refractivity (Wildman–Crippen MR) is 105 cm³/mol. The molecule has 2 amide bonds. The van der Waals surface area contributed by atoms with Crippen LogP contribution in [0.3, 0.4) is 0 Å². The molecule has 1 heterocycles. The molecule has 1 unspecified atom stereocenters. The van der Waals surface area contributed by atoms with Gasteiger partial charge in [-0.3, -0.25) is 14.4 Å². The van der Waals surface area contributed by atoms with E-state index in [0.717, 1.165) is 0 Å². The third-order valence-corrected chi connectivity index (χ3v) is 4.71. The maximum absolute atomic E-state index is 12.3. The number of carbonyl (C=O) groups excluding carboxylic acids is 3. The Morgan fingerprint density at radius 2 is 2.07 bits per heavy atom. The molecule has 1 aromatic carbocycles. The largest absolute Gasteiger partial charge is 0.552 e. The Labute approximate surface area is 171 Å². The summed E-state index contributed by atoms with van der Waals surface area (Å²) in [4.78, 5) is 36.1. The van der Waals surface area contributed by atoms with Gasteiger partial charge in [0.1, 0.15) is 6.10 Å². The Kier molecular flexibility index (Phi) is 7.70. The van der Waals surface area contributed by atoms with Gasteiger partial charge in [0.25, 0.3) is 5.91 Å². The molecule has 0 bridgehead atoms. The van der Waals surface area contributed by atoms with E-state index in [0.29, 0.717) is 10.9 Å². The SMILES string of the molecule is CC(C)CC(NC(=O)CNC(=O)c1cc(Br)ccc1Cl)B1OC(=O)[C@H](C)O1. The molecule has 0 radical (unpaired) electrons. The minimum Gasteiger partial charge on any atom is -0.506 e. The Balaban J connectivity index is 1.94. The van der Waals surface area contributed by atoms with E-state index in [1.807, 2.05) is 13.8 Å². The number of hydrogen-bond donors (Lipinski definition) is 2. The topological polar surface area (TPSA) is 93.7 Å². The molecule has 0 saturated carbocycles. The molecule has 2 N–H and O–H groups in total. The van der Waals surface area contributed by atoms with Crippen LogP contribution < -0.4 is 10.6 Å². The number of rotatable bonds is 7. The van der Waals surface area contributed by atoms with Crippen LogP contribution >= 0.6 is 27.5 Å². The molecule has 2 rings (SSSR count). The first-order valence-corrected chi connectivity index (χ1v) is 9.73. The van der Waals surface area contributed by atoms with E-state index in [9.17, 15) is 14.4 Å². The Morgan fingerprint density at radius 3 is 2.67 bits per heavy atom. The van der Waals surface area contributed by atoms with Gasteiger partial charge in [0, 0.05) is 4.47 Å². The first-order valence-electron chi connectivity index (χ1n) is 8.56. The molecule has 146 valence electrons. The second-order valence-corrected chi connectivity index (χ2v) is 8.02. The van der Waals surface area contributed by atoms with Crippen LogP contribution in [-0.4, -0.2) is 43.5 Å². The normalized spacial score (nSPS) is 17.6. The summed E-state index contributed by atoms with van der Waals surface area (Å²) in [5.41, 5.74) is 0.263. The lowest BCUT2D eigenvalue weighted by molar-refractivity contribution is -0.135. The summed E-state index contributed by atoms with van der Waals surface area (Å²) in [7, 11) is -0.839. The van der Waals surface area contributed by atoms with Crippen LogP contribution in [0, 0.1) is 5.92 Å². The van der Waals surface area contributed by atoms with Crippen LogP contribution in [0.1, 0.15) is 37.6 Å². The number of halogens is 2. The van der Waals surface area contributed by atoms with Crippen LogP contribution in [-0.2, 0) is 18.9 Å². The Morgan fingerprint density at radius 1 is 1.37 bits per heavy atom. The van der Waals surface area contributed by atoms with Crippen molar-refractivity contribution in [2.75, 3.05) is 6.54 Å². The molecule has 0 aliphatic carbocycles. The number of amides is 2. The van der Waals surface area contributed by atoms with Gasteiger partial charge in [-0.05, 0) is 37.5 Å². The van der Waals surface area contributed by atoms with Crippen molar-refractivity contribution in [3.8, 4) is 0 Å². The molecule has 1 aliphatic heterocycles. The highest BCUT2D eigenvalue weighted by atomic mass is 79.9. The fraction of sp³-hybridized carbons (Fsp3) is 0.471. The van der Waals surface area contributed by atoms with Crippen molar-refractivity contribution < 1.29 is 23.7 Å². The van der Waals surface area contributed by atoms with Gasteiger partial charge in [-0.2, -0.15) is 0 Å². The molecule has 1 saturated heterocycles. The zero-order valence-corrected chi connectivity index (χ0v) is 17.6. The van der Waals surface area contributed by atoms with Gasteiger partial charge in [0.05, 0.1) is 23.1 Å². The lowest BCUT2D eigenvalue weighted by Gasteiger charge is -2.21. The summed E-state index contributed by atoms with van der Waals surface area (Å²) in [6.45, 7) is 5.32. The molecule has 1 fully saturated rings. The van der Waals surface area contributed by atoms with Gasteiger partial charge in [-0.15, -0.1) is 0 Å². The lowest BCUT2D eigenvalue weighted by atomic mass is 9.74. The average molecular weight is 460 g/mol. The maximum Gasteiger partial charge on any atom is 0.552 e. The molecule has 7 nitrogen and oxygen atoms in total. The van der Waals surface area contributed by atoms with Crippen molar-refractivity contribution in [1.29, 1.82) is 0 Å². The number of benzene rings is 1. The second-order valence-electron chi connectivity index (χ2n) is 6.69. The molecular formula is C17H21BBrClN2O5. The van der Waals surface area contributed by atoms with Gasteiger partial charge >= 0.3 is 13.1 Å². The highest BCUT2D eigenvalue weighted by Crippen LogP contribution is 2.21. The quantitative estimate of drug-likeness (QED) is 0.611. The summed E-state index contributed by atoms with van der Waals surface area (Å²) >= 11 is 9.29. The lowest BCUT2D eigenvalue weighted by Crippen LogP contribution is -2.50. The van der Waals surface area contributed by atoms with Crippen molar-refractivity contribution in [2.24, 2.45) is 5.92 Å². The van der Waals surface area contributed by atoms with E-state index in [2.05, 4.69) is 26.6 Å². The van der Waals surface area contributed by atoms with Crippen LogP contribution in [0.5, 0.6) is 0 Å². The molecule has 0 spiro atoms. The zero-order valence-electron chi connectivity index (χ0n) is 15.3. The summed E-state index contributed by atoms with van der Waals surface area (Å²) in [5.74, 6) is -1.60. The van der Waals surface area contributed by atoms with E-state index in [-0.39, 0.29) is 23.0 Å².